The predicted octanol–water partition coefficient (Wildman–Crippen LogP) is 4.69. The maximum atomic E-state index is 9.57. The summed E-state index contributed by atoms with van der Waals surface area (Å²) in [6, 6.07) is 15.9. The normalized spacial score (nSPS) is 13.6. The molecule has 0 amide bonds. The Hall–Kier alpha value is -3.10. The monoisotopic (exact) mass is 346 g/mol. The van der Waals surface area contributed by atoms with Gasteiger partial charge in [0.15, 0.2) is 11.5 Å². The summed E-state index contributed by atoms with van der Waals surface area (Å²) < 4.78 is 12.2. The molecule has 0 unspecified atom stereocenters. The summed E-state index contributed by atoms with van der Waals surface area (Å²) in [5, 5.41) is 10.3. The first kappa shape index (κ1) is 15.4. The zero-order chi connectivity index (χ0) is 17.2. The summed E-state index contributed by atoms with van der Waals surface area (Å²) in [4.78, 5) is 4.56. The molecule has 1 aliphatic heterocycles. The first-order valence-corrected chi connectivity index (χ1v) is 8.58. The van der Waals surface area contributed by atoms with E-state index in [4.69, 9.17) is 9.47 Å². The summed E-state index contributed by atoms with van der Waals surface area (Å²) in [5.41, 5.74) is 3.32. The fourth-order valence-corrected chi connectivity index (χ4v) is 3.69. The van der Waals surface area contributed by atoms with Gasteiger partial charge < -0.3 is 9.47 Å². The van der Waals surface area contributed by atoms with E-state index in [1.54, 1.807) is 7.11 Å². The number of hydrogen-bond donors (Lipinski definition) is 0. The lowest BCUT2D eigenvalue weighted by atomic mass is 10.0. The lowest BCUT2D eigenvalue weighted by Crippen LogP contribution is -2.07. The molecule has 1 aromatic heterocycles. The van der Waals surface area contributed by atoms with E-state index in [1.807, 2.05) is 54.6 Å². The number of fused-ring (bicyclic) bond motifs is 2. The van der Waals surface area contributed by atoms with E-state index in [-0.39, 0.29) is 0 Å². The Balaban J connectivity index is 1.73. The highest BCUT2D eigenvalue weighted by molar-refractivity contribution is 7.19. The molecule has 2 heterocycles. The Morgan fingerprint density at radius 3 is 2.96 bits per heavy atom. The molecule has 2 aromatic carbocycles. The van der Waals surface area contributed by atoms with Gasteiger partial charge in [-0.2, -0.15) is 5.26 Å². The van der Waals surface area contributed by atoms with Crippen molar-refractivity contribution < 1.29 is 9.47 Å². The van der Waals surface area contributed by atoms with Crippen LogP contribution < -0.4 is 9.47 Å². The number of thiazole rings is 1. The topological polar surface area (TPSA) is 55.1 Å². The maximum absolute atomic E-state index is 9.57. The summed E-state index contributed by atoms with van der Waals surface area (Å²) in [5.74, 6) is 1.45. The lowest BCUT2D eigenvalue weighted by Gasteiger charge is -2.18. The number of benzene rings is 2. The van der Waals surface area contributed by atoms with Crippen molar-refractivity contribution in [2.45, 2.75) is 0 Å². The van der Waals surface area contributed by atoms with E-state index in [0.29, 0.717) is 17.9 Å². The summed E-state index contributed by atoms with van der Waals surface area (Å²) in [7, 11) is 1.62. The highest BCUT2D eigenvalue weighted by Crippen LogP contribution is 2.36. The van der Waals surface area contributed by atoms with Crippen molar-refractivity contribution in [2.75, 3.05) is 13.7 Å². The minimum absolute atomic E-state index is 0.392. The van der Waals surface area contributed by atoms with Crippen LogP contribution in [0.25, 0.3) is 21.9 Å². The highest BCUT2D eigenvalue weighted by atomic mass is 32.1. The van der Waals surface area contributed by atoms with E-state index < -0.39 is 0 Å². The Kier molecular flexibility index (Phi) is 3.96. The first-order valence-electron chi connectivity index (χ1n) is 7.76. The van der Waals surface area contributed by atoms with Gasteiger partial charge in [0.25, 0.3) is 0 Å². The van der Waals surface area contributed by atoms with Crippen LogP contribution in [0.1, 0.15) is 10.6 Å². The van der Waals surface area contributed by atoms with Crippen LogP contribution in [-0.4, -0.2) is 18.7 Å². The molecule has 4 rings (SSSR count). The van der Waals surface area contributed by atoms with Crippen molar-refractivity contribution in [3.63, 3.8) is 0 Å². The second-order valence-electron chi connectivity index (χ2n) is 5.54. The van der Waals surface area contributed by atoms with E-state index in [1.165, 1.54) is 11.3 Å². The quantitative estimate of drug-likeness (QED) is 0.646. The van der Waals surface area contributed by atoms with Gasteiger partial charge in [-0.15, -0.1) is 11.3 Å². The van der Waals surface area contributed by atoms with E-state index >= 15 is 0 Å². The van der Waals surface area contributed by atoms with Gasteiger partial charge in [0.1, 0.15) is 17.7 Å². The lowest BCUT2D eigenvalue weighted by molar-refractivity contribution is 0.318. The Morgan fingerprint density at radius 1 is 1.28 bits per heavy atom. The summed E-state index contributed by atoms with van der Waals surface area (Å²) in [6.07, 6.45) is 3.87. The van der Waals surface area contributed by atoms with Crippen molar-refractivity contribution in [3.8, 4) is 17.6 Å². The van der Waals surface area contributed by atoms with Gasteiger partial charge in [-0.05, 0) is 35.9 Å². The smallest absolute Gasteiger partial charge is 0.168 e. The molecular formula is C20H14N2O2S. The van der Waals surface area contributed by atoms with Gasteiger partial charge in [0, 0.05) is 5.56 Å². The van der Waals surface area contributed by atoms with E-state index in [0.717, 1.165) is 32.1 Å². The molecule has 0 spiro atoms. The molecule has 3 aromatic rings. The molecule has 0 atom stereocenters. The van der Waals surface area contributed by atoms with Gasteiger partial charge in [-0.1, -0.05) is 24.3 Å². The number of para-hydroxylation sites is 2. The molecule has 25 heavy (non-hydrogen) atoms. The molecular weight excluding hydrogens is 332 g/mol. The van der Waals surface area contributed by atoms with Crippen molar-refractivity contribution in [2.24, 2.45) is 0 Å². The number of ether oxygens (including phenoxy) is 2. The van der Waals surface area contributed by atoms with Crippen LogP contribution in [0.4, 0.5) is 0 Å². The molecule has 1 aliphatic rings. The largest absolute Gasteiger partial charge is 0.493 e. The van der Waals surface area contributed by atoms with Crippen molar-refractivity contribution >= 4 is 33.2 Å². The molecule has 4 nitrogen and oxygen atoms in total. The highest BCUT2D eigenvalue weighted by Gasteiger charge is 2.16. The number of nitriles is 1. The molecule has 0 aliphatic carbocycles. The molecule has 0 saturated carbocycles. The molecule has 0 bridgehead atoms. The number of rotatable bonds is 3. The van der Waals surface area contributed by atoms with Crippen LogP contribution in [0.15, 0.2) is 54.1 Å². The Labute approximate surface area is 149 Å². The van der Waals surface area contributed by atoms with Crippen LogP contribution in [0, 0.1) is 11.3 Å². The maximum Gasteiger partial charge on any atom is 0.168 e. The molecule has 0 N–H and O–H groups in total. The molecule has 0 fully saturated rings. The second kappa shape index (κ2) is 6.42. The number of hydrogen-bond acceptors (Lipinski definition) is 5. The zero-order valence-electron chi connectivity index (χ0n) is 13.5. The fraction of sp³-hybridized carbons (Fsp3) is 0.100. The van der Waals surface area contributed by atoms with Crippen LogP contribution in [0.5, 0.6) is 11.5 Å². The van der Waals surface area contributed by atoms with Crippen LogP contribution in [-0.2, 0) is 0 Å². The van der Waals surface area contributed by atoms with Gasteiger partial charge >= 0.3 is 0 Å². The number of methoxy groups -OCH3 is 1. The van der Waals surface area contributed by atoms with E-state index in [2.05, 4.69) is 11.1 Å². The van der Waals surface area contributed by atoms with Gasteiger partial charge in [-0.25, -0.2) is 4.98 Å². The Morgan fingerprint density at radius 2 is 2.16 bits per heavy atom. The van der Waals surface area contributed by atoms with Crippen LogP contribution in [0.3, 0.4) is 0 Å². The molecule has 5 heteroatoms. The number of aromatic nitrogens is 1. The van der Waals surface area contributed by atoms with Gasteiger partial charge in [0.2, 0.25) is 0 Å². The predicted molar refractivity (Wildman–Crippen MR) is 99.7 cm³/mol. The average molecular weight is 346 g/mol. The number of nitrogens with zero attached hydrogens (tertiary/aromatic N) is 2. The van der Waals surface area contributed by atoms with Gasteiger partial charge in [-0.3, -0.25) is 0 Å². The number of allylic oxidation sites excluding steroid dienone is 1. The van der Waals surface area contributed by atoms with Crippen LogP contribution in [0.2, 0.25) is 0 Å². The fourth-order valence-electron chi connectivity index (χ4n) is 2.76. The van der Waals surface area contributed by atoms with Crippen molar-refractivity contribution in [3.05, 3.63) is 64.7 Å². The first-order chi connectivity index (χ1) is 12.3. The second-order valence-corrected chi connectivity index (χ2v) is 6.57. The van der Waals surface area contributed by atoms with Crippen molar-refractivity contribution in [1.29, 1.82) is 5.26 Å². The molecule has 0 radical (unpaired) electrons. The summed E-state index contributed by atoms with van der Waals surface area (Å²) >= 11 is 1.52. The van der Waals surface area contributed by atoms with Gasteiger partial charge in [0.05, 0.1) is 22.9 Å². The Bertz CT molecular complexity index is 1020. The minimum atomic E-state index is 0.392. The SMILES string of the molecule is COc1cccc2c1OCC(C=C(C#N)c1nc3ccccc3s1)=C2. The molecule has 0 saturated heterocycles. The average Bonchev–Trinajstić information content (AvgIpc) is 3.09. The van der Waals surface area contributed by atoms with E-state index in [9.17, 15) is 5.26 Å². The third-order valence-electron chi connectivity index (χ3n) is 3.93. The minimum Gasteiger partial charge on any atom is -0.493 e. The third kappa shape index (κ3) is 2.88. The molecule has 122 valence electrons. The zero-order valence-corrected chi connectivity index (χ0v) is 14.3. The third-order valence-corrected chi connectivity index (χ3v) is 5.00. The summed E-state index contributed by atoms with van der Waals surface area (Å²) in [6.45, 7) is 0.392. The van der Waals surface area contributed by atoms with Crippen LogP contribution >= 0.6 is 11.3 Å². The standard InChI is InChI=1S/C20H14N2O2S/c1-23-17-7-4-5-14-9-13(12-24-19(14)17)10-15(11-21)20-22-16-6-2-3-8-18(16)25-20/h2-10H,12H2,1H3. The van der Waals surface area contributed by atoms with Crippen molar-refractivity contribution in [1.82, 2.24) is 4.98 Å².